The highest BCUT2D eigenvalue weighted by Crippen LogP contribution is 2.41. The number of aromatic nitrogens is 2. The van der Waals surface area contributed by atoms with Gasteiger partial charge in [0.05, 0.1) is 23.0 Å². The number of hydrogen-bond donors (Lipinski definition) is 1. The molecule has 1 aromatic heterocycles. The lowest BCUT2D eigenvalue weighted by molar-refractivity contribution is -0.192. The minimum Gasteiger partial charge on any atom is -0.475 e. The topological polar surface area (TPSA) is 116 Å². The fraction of sp³-hybridized carbons (Fsp3) is 0.731. The fourth-order valence-electron chi connectivity index (χ4n) is 5.85. The number of piperidine rings is 2. The van der Waals surface area contributed by atoms with Crippen LogP contribution in [0.25, 0.3) is 0 Å². The number of amides is 2. The van der Waals surface area contributed by atoms with Gasteiger partial charge in [0.15, 0.2) is 0 Å². The van der Waals surface area contributed by atoms with Gasteiger partial charge in [-0.25, -0.2) is 19.6 Å². The SMILES string of the molecule is CCCCC1N(C)C(=O)OC12CCN(C1CCN(C(=O)c3c(C)ncnc3C)CC1)CC2.O=C(O)C(F)(F)F. The molecule has 0 bridgehead atoms. The lowest BCUT2D eigenvalue weighted by atomic mass is 9.81. The number of unbranched alkanes of at least 4 members (excludes halogenated alkanes) is 1. The van der Waals surface area contributed by atoms with E-state index in [2.05, 4.69) is 21.8 Å². The fourth-order valence-corrected chi connectivity index (χ4v) is 5.85. The molecule has 0 aromatic carbocycles. The minimum absolute atomic E-state index is 0.0521. The molecule has 4 heterocycles. The van der Waals surface area contributed by atoms with Gasteiger partial charge in [-0.1, -0.05) is 19.8 Å². The molecule has 1 aromatic rings. The molecule has 10 nitrogen and oxygen atoms in total. The molecular formula is C26H38F3N5O5. The first-order chi connectivity index (χ1) is 18.3. The van der Waals surface area contributed by atoms with E-state index in [0.29, 0.717) is 11.6 Å². The Morgan fingerprint density at radius 3 is 2.13 bits per heavy atom. The third-order valence-corrected chi connectivity index (χ3v) is 8.08. The number of carboxylic acid groups (broad SMARTS) is 1. The Labute approximate surface area is 226 Å². The summed E-state index contributed by atoms with van der Waals surface area (Å²) >= 11 is 0. The van der Waals surface area contributed by atoms with E-state index < -0.39 is 12.1 Å². The number of carbonyl (C=O) groups is 3. The van der Waals surface area contributed by atoms with Crippen LogP contribution >= 0.6 is 0 Å². The van der Waals surface area contributed by atoms with Crippen LogP contribution in [0.4, 0.5) is 18.0 Å². The highest BCUT2D eigenvalue weighted by molar-refractivity contribution is 5.96. The highest BCUT2D eigenvalue weighted by atomic mass is 19.4. The molecule has 4 rings (SSSR count). The second-order valence-electron chi connectivity index (χ2n) is 10.5. The maximum Gasteiger partial charge on any atom is 0.490 e. The lowest BCUT2D eigenvalue weighted by Crippen LogP contribution is -2.55. The van der Waals surface area contributed by atoms with Gasteiger partial charge in [-0.15, -0.1) is 0 Å². The van der Waals surface area contributed by atoms with Crippen LogP contribution in [0.2, 0.25) is 0 Å². The van der Waals surface area contributed by atoms with Crippen molar-refractivity contribution >= 4 is 18.0 Å². The monoisotopic (exact) mass is 557 g/mol. The summed E-state index contributed by atoms with van der Waals surface area (Å²) in [6.45, 7) is 9.36. The first kappa shape index (κ1) is 30.6. The van der Waals surface area contributed by atoms with E-state index in [0.717, 1.165) is 82.5 Å². The zero-order valence-corrected chi connectivity index (χ0v) is 23.0. The molecule has 3 fully saturated rings. The maximum absolute atomic E-state index is 13.1. The van der Waals surface area contributed by atoms with Crippen LogP contribution in [0.1, 0.15) is 73.6 Å². The second-order valence-corrected chi connectivity index (χ2v) is 10.5. The summed E-state index contributed by atoms with van der Waals surface area (Å²) in [6, 6.07) is 0.672. The van der Waals surface area contributed by atoms with Crippen molar-refractivity contribution in [3.63, 3.8) is 0 Å². The number of carboxylic acids is 1. The van der Waals surface area contributed by atoms with Crippen molar-refractivity contribution in [1.29, 1.82) is 0 Å². The molecule has 3 aliphatic rings. The molecule has 1 spiro atoms. The Morgan fingerprint density at radius 2 is 1.64 bits per heavy atom. The van der Waals surface area contributed by atoms with Gasteiger partial charge in [0.25, 0.3) is 5.91 Å². The Morgan fingerprint density at radius 1 is 1.10 bits per heavy atom. The molecule has 3 saturated heterocycles. The molecule has 3 aliphatic heterocycles. The molecule has 2 amide bonds. The number of aliphatic carboxylic acids is 1. The molecule has 1 atom stereocenters. The zero-order valence-electron chi connectivity index (χ0n) is 23.0. The number of carbonyl (C=O) groups excluding carboxylic acids is 2. The van der Waals surface area contributed by atoms with Gasteiger partial charge >= 0.3 is 18.2 Å². The van der Waals surface area contributed by atoms with Crippen LogP contribution in [-0.2, 0) is 9.53 Å². The van der Waals surface area contributed by atoms with Gasteiger partial charge in [-0.2, -0.15) is 13.2 Å². The molecule has 0 saturated carbocycles. The number of alkyl halides is 3. The van der Waals surface area contributed by atoms with Crippen LogP contribution < -0.4 is 0 Å². The number of likely N-dealkylation sites (N-methyl/N-ethyl adjacent to an activating group) is 1. The summed E-state index contributed by atoms with van der Waals surface area (Å²) in [6.07, 6.45) is 3.28. The van der Waals surface area contributed by atoms with Gasteiger partial charge in [-0.05, 0) is 33.1 Å². The molecule has 0 aliphatic carbocycles. The first-order valence-electron chi connectivity index (χ1n) is 13.4. The summed E-state index contributed by atoms with van der Waals surface area (Å²) in [5, 5.41) is 7.12. The standard InChI is InChI=1S/C24H37N5O3.C2HF3O2/c1-5-6-7-20-24(32-23(31)27(20)4)10-14-28(15-11-24)19-8-12-29(13-9-19)22(30)21-17(2)25-16-26-18(21)3;3-2(4,5)1(6)7/h16,19-20H,5-15H2,1-4H3;(H,6,7). The van der Waals surface area contributed by atoms with Gasteiger partial charge in [0, 0.05) is 52.1 Å². The molecule has 0 radical (unpaired) electrons. The molecule has 1 unspecified atom stereocenters. The average Bonchev–Trinajstić information content (AvgIpc) is 3.11. The second kappa shape index (κ2) is 12.5. The summed E-state index contributed by atoms with van der Waals surface area (Å²) in [5.41, 5.74) is 1.83. The van der Waals surface area contributed by atoms with E-state index in [1.807, 2.05) is 30.7 Å². The van der Waals surface area contributed by atoms with Gasteiger partial charge in [-0.3, -0.25) is 9.69 Å². The van der Waals surface area contributed by atoms with Crippen LogP contribution in [0.15, 0.2) is 6.33 Å². The van der Waals surface area contributed by atoms with E-state index in [9.17, 15) is 22.8 Å². The van der Waals surface area contributed by atoms with E-state index in [-0.39, 0.29) is 23.6 Å². The Hall–Kier alpha value is -2.96. The van der Waals surface area contributed by atoms with E-state index in [1.165, 1.54) is 6.33 Å². The summed E-state index contributed by atoms with van der Waals surface area (Å²) < 4.78 is 37.7. The largest absolute Gasteiger partial charge is 0.490 e. The molecule has 13 heteroatoms. The summed E-state index contributed by atoms with van der Waals surface area (Å²) in [7, 11) is 1.89. The van der Waals surface area contributed by atoms with E-state index >= 15 is 0 Å². The van der Waals surface area contributed by atoms with Crippen molar-refractivity contribution in [1.82, 2.24) is 24.7 Å². The quantitative estimate of drug-likeness (QED) is 0.581. The number of aryl methyl sites for hydroxylation is 2. The number of likely N-dealkylation sites (tertiary alicyclic amines) is 2. The molecule has 218 valence electrons. The van der Waals surface area contributed by atoms with Crippen molar-refractivity contribution in [3.05, 3.63) is 23.3 Å². The first-order valence-corrected chi connectivity index (χ1v) is 13.4. The summed E-state index contributed by atoms with van der Waals surface area (Å²) in [5.74, 6) is -2.70. The molecule has 1 N–H and O–H groups in total. The predicted octanol–water partition coefficient (Wildman–Crippen LogP) is 3.81. The van der Waals surface area contributed by atoms with Crippen molar-refractivity contribution in [2.45, 2.75) is 89.6 Å². The maximum atomic E-state index is 13.1. The smallest absolute Gasteiger partial charge is 0.475 e. The lowest BCUT2D eigenvalue weighted by Gasteiger charge is -2.46. The number of ether oxygens (including phenoxy) is 1. The Bertz CT molecular complexity index is 1020. The van der Waals surface area contributed by atoms with E-state index in [4.69, 9.17) is 14.6 Å². The third-order valence-electron chi connectivity index (χ3n) is 8.08. The number of nitrogens with zero attached hydrogens (tertiary/aromatic N) is 5. The van der Waals surface area contributed by atoms with Crippen LogP contribution in [0, 0.1) is 13.8 Å². The van der Waals surface area contributed by atoms with Gasteiger partial charge in [0.2, 0.25) is 0 Å². The van der Waals surface area contributed by atoms with Crippen LogP contribution in [-0.4, -0.2) is 105 Å². The summed E-state index contributed by atoms with van der Waals surface area (Å²) in [4.78, 5) is 49.0. The Kier molecular flexibility index (Phi) is 9.78. The number of rotatable bonds is 5. The van der Waals surface area contributed by atoms with Crippen molar-refractivity contribution in [2.24, 2.45) is 0 Å². The van der Waals surface area contributed by atoms with Gasteiger partial charge in [0.1, 0.15) is 11.9 Å². The van der Waals surface area contributed by atoms with Crippen LogP contribution in [0.3, 0.4) is 0 Å². The van der Waals surface area contributed by atoms with Gasteiger partial charge < -0.3 is 19.6 Å². The zero-order chi connectivity index (χ0) is 29.0. The highest BCUT2D eigenvalue weighted by Gasteiger charge is 2.53. The number of hydrogen-bond acceptors (Lipinski definition) is 7. The van der Waals surface area contributed by atoms with Crippen molar-refractivity contribution < 1.29 is 37.4 Å². The molecular weight excluding hydrogens is 519 g/mol. The molecule has 39 heavy (non-hydrogen) atoms. The third kappa shape index (κ3) is 6.98. The Balaban J connectivity index is 0.000000532. The average molecular weight is 558 g/mol. The predicted molar refractivity (Wildman–Crippen MR) is 135 cm³/mol. The minimum atomic E-state index is -5.08. The normalized spacial score (nSPS) is 21.9. The van der Waals surface area contributed by atoms with Crippen molar-refractivity contribution in [3.8, 4) is 0 Å². The van der Waals surface area contributed by atoms with E-state index in [1.54, 1.807) is 0 Å². The number of halogens is 3. The van der Waals surface area contributed by atoms with Crippen molar-refractivity contribution in [2.75, 3.05) is 33.2 Å². The van der Waals surface area contributed by atoms with Crippen LogP contribution in [0.5, 0.6) is 0 Å².